The van der Waals surface area contributed by atoms with Crippen LogP contribution < -0.4 is 5.32 Å². The van der Waals surface area contributed by atoms with Gasteiger partial charge in [-0.1, -0.05) is 50.4 Å². The van der Waals surface area contributed by atoms with Gasteiger partial charge >= 0.3 is 0 Å². The van der Waals surface area contributed by atoms with Crippen LogP contribution in [0.4, 0.5) is 4.39 Å². The van der Waals surface area contributed by atoms with Gasteiger partial charge in [-0.05, 0) is 37.4 Å². The highest BCUT2D eigenvalue weighted by atomic mass is 35.5. The van der Waals surface area contributed by atoms with Crippen molar-refractivity contribution in [1.29, 1.82) is 0 Å². The van der Waals surface area contributed by atoms with Crippen LogP contribution in [-0.2, 0) is 6.42 Å². The Morgan fingerprint density at radius 1 is 1.39 bits per heavy atom. The Labute approximate surface area is 115 Å². The van der Waals surface area contributed by atoms with Crippen molar-refractivity contribution in [2.75, 3.05) is 7.05 Å². The monoisotopic (exact) mass is 271 g/mol. The minimum atomic E-state index is -0.275. The maximum atomic E-state index is 13.8. The fourth-order valence-corrected chi connectivity index (χ4v) is 2.57. The zero-order valence-electron chi connectivity index (χ0n) is 11.5. The average molecular weight is 272 g/mol. The van der Waals surface area contributed by atoms with Crippen LogP contribution in [0.25, 0.3) is 0 Å². The van der Waals surface area contributed by atoms with Crippen molar-refractivity contribution in [2.24, 2.45) is 5.92 Å². The first-order chi connectivity index (χ1) is 8.58. The molecule has 0 aliphatic rings. The Morgan fingerprint density at radius 3 is 2.72 bits per heavy atom. The van der Waals surface area contributed by atoms with Gasteiger partial charge in [-0.2, -0.15) is 0 Å². The molecule has 2 atom stereocenters. The third-order valence-electron chi connectivity index (χ3n) is 3.37. The fourth-order valence-electron chi connectivity index (χ4n) is 2.37. The van der Waals surface area contributed by atoms with Crippen molar-refractivity contribution in [3.8, 4) is 0 Å². The highest BCUT2D eigenvalue weighted by molar-refractivity contribution is 6.30. The van der Waals surface area contributed by atoms with Crippen LogP contribution in [0.5, 0.6) is 0 Å². The van der Waals surface area contributed by atoms with E-state index in [9.17, 15) is 4.39 Å². The van der Waals surface area contributed by atoms with Gasteiger partial charge in [-0.25, -0.2) is 4.39 Å². The van der Waals surface area contributed by atoms with E-state index in [-0.39, 0.29) is 10.8 Å². The molecule has 0 heterocycles. The van der Waals surface area contributed by atoms with Crippen molar-refractivity contribution >= 4 is 11.6 Å². The van der Waals surface area contributed by atoms with Crippen molar-refractivity contribution in [1.82, 2.24) is 5.32 Å². The van der Waals surface area contributed by atoms with E-state index in [4.69, 9.17) is 11.6 Å². The lowest BCUT2D eigenvalue weighted by atomic mass is 9.93. The maximum absolute atomic E-state index is 13.8. The van der Waals surface area contributed by atoms with Gasteiger partial charge in [0.1, 0.15) is 5.82 Å². The van der Waals surface area contributed by atoms with Crippen LogP contribution in [0.2, 0.25) is 5.02 Å². The van der Waals surface area contributed by atoms with Crippen LogP contribution in [0.3, 0.4) is 0 Å². The molecule has 18 heavy (non-hydrogen) atoms. The summed E-state index contributed by atoms with van der Waals surface area (Å²) in [6, 6.07) is 5.52. The Hall–Kier alpha value is -0.600. The molecule has 0 saturated heterocycles. The van der Waals surface area contributed by atoms with Crippen molar-refractivity contribution in [2.45, 2.75) is 45.6 Å². The van der Waals surface area contributed by atoms with Crippen molar-refractivity contribution in [3.05, 3.63) is 34.6 Å². The number of nitrogens with one attached hydrogen (secondary N) is 1. The van der Waals surface area contributed by atoms with Gasteiger partial charge in [0.25, 0.3) is 0 Å². The molecule has 1 N–H and O–H groups in total. The second kappa shape index (κ2) is 7.75. The van der Waals surface area contributed by atoms with E-state index in [1.807, 2.05) is 19.2 Å². The lowest BCUT2D eigenvalue weighted by molar-refractivity contribution is 0.394. The van der Waals surface area contributed by atoms with Crippen LogP contribution in [0, 0.1) is 11.7 Å². The van der Waals surface area contributed by atoms with E-state index in [1.54, 1.807) is 6.07 Å². The Kier molecular flexibility index (Phi) is 6.66. The third kappa shape index (κ3) is 4.58. The predicted octanol–water partition coefficient (Wildman–Crippen LogP) is 4.44. The molecule has 1 aromatic carbocycles. The number of likely N-dealkylation sites (N-methyl/N-ethyl adjacent to an activating group) is 1. The molecule has 3 heteroatoms. The van der Waals surface area contributed by atoms with E-state index in [0.29, 0.717) is 23.9 Å². The van der Waals surface area contributed by atoms with Crippen LogP contribution in [0.1, 0.15) is 38.7 Å². The molecule has 0 bridgehead atoms. The topological polar surface area (TPSA) is 12.0 Å². The van der Waals surface area contributed by atoms with Crippen LogP contribution in [-0.4, -0.2) is 13.1 Å². The van der Waals surface area contributed by atoms with Gasteiger partial charge in [-0.15, -0.1) is 0 Å². The third-order valence-corrected chi connectivity index (χ3v) is 3.67. The zero-order valence-corrected chi connectivity index (χ0v) is 12.2. The first kappa shape index (κ1) is 15.5. The quantitative estimate of drug-likeness (QED) is 0.773. The Balaban J connectivity index is 2.65. The summed E-state index contributed by atoms with van der Waals surface area (Å²) >= 11 is 5.80. The molecule has 0 amide bonds. The molecule has 1 aromatic rings. The largest absolute Gasteiger partial charge is 0.317 e. The molecular formula is C15H23ClFN. The summed E-state index contributed by atoms with van der Waals surface area (Å²) < 4.78 is 13.8. The molecular weight excluding hydrogens is 249 g/mol. The summed E-state index contributed by atoms with van der Waals surface area (Å²) in [4.78, 5) is 0. The second-order valence-electron chi connectivity index (χ2n) is 5.03. The molecule has 0 saturated carbocycles. The molecule has 0 fully saturated rings. The predicted molar refractivity (Wildman–Crippen MR) is 76.7 cm³/mol. The van der Waals surface area contributed by atoms with E-state index >= 15 is 0 Å². The van der Waals surface area contributed by atoms with Gasteiger partial charge in [0, 0.05) is 6.04 Å². The smallest absolute Gasteiger partial charge is 0.145 e. The van der Waals surface area contributed by atoms with E-state index in [1.165, 1.54) is 12.8 Å². The van der Waals surface area contributed by atoms with Crippen LogP contribution in [0.15, 0.2) is 18.2 Å². The van der Waals surface area contributed by atoms with E-state index < -0.39 is 0 Å². The number of hydrogen-bond donors (Lipinski definition) is 1. The van der Waals surface area contributed by atoms with Gasteiger partial charge in [-0.3, -0.25) is 0 Å². The SMILES string of the molecule is CCCC(C)CC(Cc1cccc(Cl)c1F)NC. The van der Waals surface area contributed by atoms with Crippen molar-refractivity contribution in [3.63, 3.8) is 0 Å². The molecule has 1 nitrogen and oxygen atoms in total. The molecule has 0 spiro atoms. The van der Waals surface area contributed by atoms with Gasteiger partial charge in [0.15, 0.2) is 0 Å². The van der Waals surface area contributed by atoms with Gasteiger partial charge in [0.2, 0.25) is 0 Å². The van der Waals surface area contributed by atoms with Crippen molar-refractivity contribution < 1.29 is 4.39 Å². The Morgan fingerprint density at radius 2 is 2.11 bits per heavy atom. The second-order valence-corrected chi connectivity index (χ2v) is 5.44. The van der Waals surface area contributed by atoms with Crippen LogP contribution >= 0.6 is 11.6 Å². The normalized spacial score (nSPS) is 14.5. The lowest BCUT2D eigenvalue weighted by Gasteiger charge is -2.20. The molecule has 102 valence electrons. The average Bonchev–Trinajstić information content (AvgIpc) is 2.34. The fraction of sp³-hybridized carbons (Fsp3) is 0.600. The summed E-state index contributed by atoms with van der Waals surface area (Å²) in [5, 5.41) is 3.49. The molecule has 0 radical (unpaired) electrons. The molecule has 0 aliphatic carbocycles. The highest BCUT2D eigenvalue weighted by Crippen LogP contribution is 2.21. The summed E-state index contributed by atoms with van der Waals surface area (Å²) in [6.45, 7) is 4.45. The summed E-state index contributed by atoms with van der Waals surface area (Å²) in [5.41, 5.74) is 0.700. The minimum absolute atomic E-state index is 0.212. The zero-order chi connectivity index (χ0) is 13.5. The van der Waals surface area contributed by atoms with E-state index in [0.717, 1.165) is 6.42 Å². The van der Waals surface area contributed by atoms with E-state index in [2.05, 4.69) is 19.2 Å². The molecule has 2 unspecified atom stereocenters. The number of hydrogen-bond acceptors (Lipinski definition) is 1. The lowest BCUT2D eigenvalue weighted by Crippen LogP contribution is -2.30. The first-order valence-electron chi connectivity index (χ1n) is 6.68. The number of benzene rings is 1. The van der Waals surface area contributed by atoms with Gasteiger partial charge in [0.05, 0.1) is 5.02 Å². The maximum Gasteiger partial charge on any atom is 0.145 e. The minimum Gasteiger partial charge on any atom is -0.317 e. The standard InChI is InChI=1S/C15H23ClFN/c1-4-6-11(2)9-13(18-3)10-12-7-5-8-14(16)15(12)17/h5,7-8,11,13,18H,4,6,9-10H2,1-3H3. The number of rotatable bonds is 7. The Bertz CT molecular complexity index is 368. The molecule has 1 rings (SSSR count). The summed E-state index contributed by atoms with van der Waals surface area (Å²) in [6.07, 6.45) is 4.17. The first-order valence-corrected chi connectivity index (χ1v) is 7.06. The highest BCUT2D eigenvalue weighted by Gasteiger charge is 2.15. The summed E-state index contributed by atoms with van der Waals surface area (Å²) in [7, 11) is 1.94. The molecule has 0 aliphatic heterocycles. The number of halogens is 2. The summed E-state index contributed by atoms with van der Waals surface area (Å²) in [5.74, 6) is 0.386. The van der Waals surface area contributed by atoms with Gasteiger partial charge < -0.3 is 5.32 Å². The molecule has 0 aromatic heterocycles.